The molecule has 2 rings (SSSR count). The number of ether oxygens (including phenoxy) is 1. The fraction of sp³-hybridized carbons (Fsp3) is 0.750. The molecule has 21 heavy (non-hydrogen) atoms. The van der Waals surface area contributed by atoms with Crippen molar-refractivity contribution in [1.82, 2.24) is 9.97 Å². The number of rotatable bonds is 4. The Kier molecular flexibility index (Phi) is 4.19. The molecule has 118 valence electrons. The van der Waals surface area contributed by atoms with Crippen LogP contribution in [0.25, 0.3) is 0 Å². The number of hydrogen-bond donors (Lipinski definition) is 0. The Labute approximate surface area is 129 Å². The minimum atomic E-state index is -1.72. The van der Waals surface area contributed by atoms with E-state index in [1.807, 2.05) is 0 Å². The van der Waals surface area contributed by atoms with Gasteiger partial charge in [-0.3, -0.25) is 0 Å². The van der Waals surface area contributed by atoms with Crippen LogP contribution in [0.2, 0.25) is 18.1 Å². The van der Waals surface area contributed by atoms with Crippen LogP contribution in [-0.4, -0.2) is 31.0 Å². The van der Waals surface area contributed by atoms with E-state index in [-0.39, 0.29) is 10.6 Å². The Morgan fingerprint density at radius 1 is 1.19 bits per heavy atom. The van der Waals surface area contributed by atoms with Crippen molar-refractivity contribution in [1.29, 1.82) is 0 Å². The molecule has 0 spiro atoms. The normalized spacial score (nSPS) is 26.3. The summed E-state index contributed by atoms with van der Waals surface area (Å²) in [5.74, 6) is 2.02. The van der Waals surface area contributed by atoms with Crippen LogP contribution in [0.4, 0.5) is 0 Å². The summed E-state index contributed by atoms with van der Waals surface area (Å²) in [6.07, 6.45) is 5.50. The van der Waals surface area contributed by atoms with Crippen LogP contribution in [0.5, 0.6) is 5.75 Å². The van der Waals surface area contributed by atoms with Crippen molar-refractivity contribution in [3.8, 4) is 5.75 Å². The van der Waals surface area contributed by atoms with E-state index in [4.69, 9.17) is 9.16 Å². The first-order valence-corrected chi connectivity index (χ1v) is 10.5. The van der Waals surface area contributed by atoms with Gasteiger partial charge in [-0.25, -0.2) is 9.97 Å². The lowest BCUT2D eigenvalue weighted by Crippen LogP contribution is -2.53. The van der Waals surface area contributed by atoms with Crippen LogP contribution in [0.1, 0.15) is 52.3 Å². The number of nitrogens with zero attached hydrogens (tertiary/aromatic N) is 2. The van der Waals surface area contributed by atoms with Gasteiger partial charge in [0.25, 0.3) is 0 Å². The fourth-order valence-electron chi connectivity index (χ4n) is 2.66. The molecule has 0 aromatic carbocycles. The zero-order valence-electron chi connectivity index (χ0n) is 14.4. The van der Waals surface area contributed by atoms with Crippen molar-refractivity contribution < 1.29 is 9.16 Å². The summed E-state index contributed by atoms with van der Waals surface area (Å²) >= 11 is 0. The van der Waals surface area contributed by atoms with Crippen molar-refractivity contribution >= 4 is 8.32 Å². The molecule has 1 aromatic heterocycles. The van der Waals surface area contributed by atoms with Gasteiger partial charge in [0.15, 0.2) is 14.1 Å². The highest BCUT2D eigenvalue weighted by Crippen LogP contribution is 2.50. The van der Waals surface area contributed by atoms with Crippen molar-refractivity contribution in [3.05, 3.63) is 18.2 Å². The minimum absolute atomic E-state index is 0.0169. The maximum absolute atomic E-state index is 6.58. The van der Waals surface area contributed by atoms with Gasteiger partial charge in [-0.15, -0.1) is 0 Å². The van der Waals surface area contributed by atoms with Gasteiger partial charge < -0.3 is 9.16 Å². The summed E-state index contributed by atoms with van der Waals surface area (Å²) in [4.78, 5) is 8.80. The second-order valence-corrected chi connectivity index (χ2v) is 12.6. The van der Waals surface area contributed by atoms with Gasteiger partial charge in [-0.1, -0.05) is 20.8 Å². The first kappa shape index (κ1) is 16.4. The van der Waals surface area contributed by atoms with E-state index >= 15 is 0 Å². The molecule has 0 N–H and O–H groups in total. The Bertz CT molecular complexity index is 488. The summed E-state index contributed by atoms with van der Waals surface area (Å²) in [7, 11) is -0.0853. The molecule has 1 fully saturated rings. The van der Waals surface area contributed by atoms with E-state index in [1.165, 1.54) is 0 Å². The van der Waals surface area contributed by atoms with Crippen LogP contribution in [0.15, 0.2) is 12.4 Å². The molecule has 1 aliphatic rings. The molecule has 0 radical (unpaired) electrons. The lowest BCUT2D eigenvalue weighted by atomic mass is 9.72. The third-order valence-electron chi connectivity index (χ3n) is 4.91. The molecule has 1 heterocycles. The molecule has 5 heteroatoms. The zero-order valence-corrected chi connectivity index (χ0v) is 15.4. The first-order valence-electron chi connectivity index (χ1n) is 7.62. The van der Waals surface area contributed by atoms with E-state index in [9.17, 15) is 0 Å². The average Bonchev–Trinajstić information content (AvgIpc) is 2.34. The molecule has 0 atom stereocenters. The topological polar surface area (TPSA) is 44.2 Å². The van der Waals surface area contributed by atoms with Gasteiger partial charge in [0, 0.05) is 5.92 Å². The second kappa shape index (κ2) is 5.36. The number of methoxy groups -OCH3 is 1. The SMILES string of the molecule is COc1cnc(C2CC(C)(O[Si](C)(C)C(C)(C)C)C2)nc1. The highest BCUT2D eigenvalue weighted by Gasteiger charge is 2.49. The van der Waals surface area contributed by atoms with Crippen molar-refractivity contribution in [3.63, 3.8) is 0 Å². The van der Waals surface area contributed by atoms with Crippen LogP contribution in [0.3, 0.4) is 0 Å². The molecule has 0 bridgehead atoms. The molecule has 0 unspecified atom stereocenters. The molecule has 0 aliphatic heterocycles. The molecule has 0 amide bonds. The lowest BCUT2D eigenvalue weighted by Gasteiger charge is -2.51. The van der Waals surface area contributed by atoms with Gasteiger partial charge in [-0.2, -0.15) is 0 Å². The van der Waals surface area contributed by atoms with Gasteiger partial charge in [0.05, 0.1) is 25.1 Å². The van der Waals surface area contributed by atoms with Gasteiger partial charge >= 0.3 is 0 Å². The maximum Gasteiger partial charge on any atom is 0.192 e. The Hall–Kier alpha value is -0.943. The smallest absolute Gasteiger partial charge is 0.192 e. The van der Waals surface area contributed by atoms with Crippen molar-refractivity contribution in [2.75, 3.05) is 7.11 Å². The standard InChI is InChI=1S/C16H28N2O2Si/c1-15(2,3)21(6,7)20-16(4)8-12(9-16)14-17-10-13(19-5)11-18-14/h10-12H,8-9H2,1-7H3. The quantitative estimate of drug-likeness (QED) is 0.784. The largest absolute Gasteiger partial charge is 0.494 e. The Morgan fingerprint density at radius 2 is 1.71 bits per heavy atom. The molecule has 0 saturated heterocycles. The summed E-state index contributed by atoms with van der Waals surface area (Å²) in [5, 5.41) is 0.248. The molecule has 1 aromatic rings. The molecule has 4 nitrogen and oxygen atoms in total. The van der Waals surface area contributed by atoms with Crippen LogP contribution >= 0.6 is 0 Å². The van der Waals surface area contributed by atoms with Crippen LogP contribution < -0.4 is 4.74 Å². The summed E-state index contributed by atoms with van der Waals surface area (Å²) in [6.45, 7) is 13.7. The van der Waals surface area contributed by atoms with Gasteiger partial charge in [-0.05, 0) is 37.9 Å². The molecule has 1 saturated carbocycles. The van der Waals surface area contributed by atoms with Crippen molar-refractivity contribution in [2.45, 2.75) is 70.2 Å². The number of hydrogen-bond acceptors (Lipinski definition) is 4. The van der Waals surface area contributed by atoms with E-state index in [2.05, 4.69) is 50.8 Å². The predicted molar refractivity (Wildman–Crippen MR) is 87.2 cm³/mol. The van der Waals surface area contributed by atoms with E-state index in [0.29, 0.717) is 11.7 Å². The summed E-state index contributed by atoms with van der Waals surface area (Å²) < 4.78 is 11.7. The molecular formula is C16H28N2O2Si. The lowest BCUT2D eigenvalue weighted by molar-refractivity contribution is -0.0210. The summed E-state index contributed by atoms with van der Waals surface area (Å²) in [5.41, 5.74) is -0.0169. The third-order valence-corrected chi connectivity index (χ3v) is 9.53. The predicted octanol–water partition coefficient (Wildman–Crippen LogP) is 4.14. The minimum Gasteiger partial charge on any atom is -0.494 e. The summed E-state index contributed by atoms with van der Waals surface area (Å²) in [6, 6.07) is 0. The first-order chi connectivity index (χ1) is 9.56. The average molecular weight is 308 g/mol. The van der Waals surface area contributed by atoms with E-state index in [0.717, 1.165) is 18.7 Å². The van der Waals surface area contributed by atoms with Crippen molar-refractivity contribution in [2.24, 2.45) is 0 Å². The zero-order chi connectivity index (χ0) is 15.9. The second-order valence-electron chi connectivity index (χ2n) is 7.90. The molecular weight excluding hydrogens is 280 g/mol. The highest BCUT2D eigenvalue weighted by atomic mass is 28.4. The van der Waals surface area contributed by atoms with Crippen LogP contribution in [0, 0.1) is 0 Å². The Morgan fingerprint density at radius 3 is 2.14 bits per heavy atom. The van der Waals surface area contributed by atoms with Crippen LogP contribution in [-0.2, 0) is 4.43 Å². The Balaban J connectivity index is 1.98. The maximum atomic E-state index is 6.58. The molecule has 1 aliphatic carbocycles. The third kappa shape index (κ3) is 3.46. The number of aromatic nitrogens is 2. The van der Waals surface area contributed by atoms with E-state index in [1.54, 1.807) is 19.5 Å². The van der Waals surface area contributed by atoms with E-state index < -0.39 is 8.32 Å². The fourth-order valence-corrected chi connectivity index (χ4v) is 4.36. The highest BCUT2D eigenvalue weighted by molar-refractivity contribution is 6.74. The van der Waals surface area contributed by atoms with Gasteiger partial charge in [0.2, 0.25) is 0 Å². The van der Waals surface area contributed by atoms with Gasteiger partial charge in [0.1, 0.15) is 5.82 Å². The monoisotopic (exact) mass is 308 g/mol.